The van der Waals surface area contributed by atoms with Gasteiger partial charge in [-0.1, -0.05) is 25.9 Å². The number of nitrogens with one attached hydrogen (secondary N) is 1. The number of anilines is 1. The second-order valence-corrected chi connectivity index (χ2v) is 6.26. The first-order chi connectivity index (χ1) is 9.02. The van der Waals surface area contributed by atoms with Crippen LogP contribution in [0.4, 0.5) is 6.01 Å². The van der Waals surface area contributed by atoms with Gasteiger partial charge in [0.15, 0.2) is 0 Å². The lowest BCUT2D eigenvalue weighted by Crippen LogP contribution is -2.37. The van der Waals surface area contributed by atoms with Crippen LogP contribution in [0.3, 0.4) is 0 Å². The second kappa shape index (κ2) is 5.90. The minimum Gasteiger partial charge on any atom is -0.407 e. The molecule has 0 radical (unpaired) electrons. The Bertz CT molecular complexity index is 392. The van der Waals surface area contributed by atoms with Gasteiger partial charge in [-0.05, 0) is 37.6 Å². The zero-order valence-electron chi connectivity index (χ0n) is 12.6. The Labute approximate surface area is 115 Å². The van der Waals surface area contributed by atoms with Crippen molar-refractivity contribution >= 4 is 6.01 Å². The van der Waals surface area contributed by atoms with Crippen LogP contribution in [-0.2, 0) is 6.54 Å². The van der Waals surface area contributed by atoms with Crippen molar-refractivity contribution in [3.05, 3.63) is 5.89 Å². The van der Waals surface area contributed by atoms with Gasteiger partial charge in [0, 0.05) is 13.1 Å². The van der Waals surface area contributed by atoms with E-state index in [1.807, 2.05) is 0 Å². The van der Waals surface area contributed by atoms with Crippen molar-refractivity contribution < 1.29 is 4.42 Å². The summed E-state index contributed by atoms with van der Waals surface area (Å²) in [5, 5.41) is 11.4. The lowest BCUT2D eigenvalue weighted by Gasteiger charge is -2.37. The van der Waals surface area contributed by atoms with Crippen LogP contribution in [0.1, 0.15) is 52.3 Å². The summed E-state index contributed by atoms with van der Waals surface area (Å²) in [5.41, 5.74) is 0.488. The van der Waals surface area contributed by atoms with Crippen LogP contribution in [0.5, 0.6) is 0 Å². The zero-order valence-corrected chi connectivity index (χ0v) is 12.6. The van der Waals surface area contributed by atoms with Gasteiger partial charge in [0.25, 0.3) is 0 Å². The smallest absolute Gasteiger partial charge is 0.318 e. The fourth-order valence-electron chi connectivity index (χ4n) is 2.62. The van der Waals surface area contributed by atoms with Crippen LogP contribution >= 0.6 is 0 Å². The van der Waals surface area contributed by atoms with Gasteiger partial charge < -0.3 is 14.6 Å². The van der Waals surface area contributed by atoms with E-state index in [2.05, 4.69) is 48.2 Å². The van der Waals surface area contributed by atoms with Crippen molar-refractivity contribution in [2.45, 2.75) is 59.0 Å². The fourth-order valence-corrected chi connectivity index (χ4v) is 2.62. The molecule has 1 aromatic rings. The van der Waals surface area contributed by atoms with E-state index >= 15 is 0 Å². The fraction of sp³-hybridized carbons (Fsp3) is 0.857. The molecule has 0 aromatic carbocycles. The summed E-state index contributed by atoms with van der Waals surface area (Å²) in [5.74, 6) is 0.667. The van der Waals surface area contributed by atoms with Gasteiger partial charge in [0.05, 0.1) is 6.54 Å². The highest BCUT2D eigenvalue weighted by atomic mass is 16.4. The average molecular weight is 266 g/mol. The van der Waals surface area contributed by atoms with Crippen molar-refractivity contribution in [3.63, 3.8) is 0 Å². The molecule has 0 bridgehead atoms. The highest BCUT2D eigenvalue weighted by Gasteiger charge is 2.30. The lowest BCUT2D eigenvalue weighted by atomic mass is 9.75. The van der Waals surface area contributed by atoms with E-state index in [0.29, 0.717) is 29.9 Å². The van der Waals surface area contributed by atoms with E-state index in [0.717, 1.165) is 6.54 Å². The minimum atomic E-state index is 0.488. The standard InChI is InChI=1S/C14H26N4O/c1-5-15-10-12-16-17-13(19-12)18(4)11-6-8-14(2,3)9-7-11/h11,15H,5-10H2,1-4H3. The van der Waals surface area contributed by atoms with Crippen molar-refractivity contribution in [2.24, 2.45) is 5.41 Å². The Kier molecular flexibility index (Phi) is 4.45. The molecule has 108 valence electrons. The molecule has 1 aliphatic carbocycles. The summed E-state index contributed by atoms with van der Waals surface area (Å²) < 4.78 is 5.69. The Hall–Kier alpha value is -1.10. The van der Waals surface area contributed by atoms with Gasteiger partial charge in [0.1, 0.15) is 0 Å². The molecule has 1 saturated carbocycles. The number of hydrogen-bond donors (Lipinski definition) is 1. The molecule has 1 heterocycles. The first kappa shape index (κ1) is 14.3. The quantitative estimate of drug-likeness (QED) is 0.887. The predicted octanol–water partition coefficient (Wildman–Crippen LogP) is 2.58. The maximum atomic E-state index is 5.69. The number of rotatable bonds is 5. The third kappa shape index (κ3) is 3.69. The highest BCUT2D eigenvalue weighted by Crippen LogP contribution is 2.37. The molecule has 0 unspecified atom stereocenters. The van der Waals surface area contributed by atoms with Gasteiger partial charge in [-0.15, -0.1) is 5.10 Å². The normalized spacial score (nSPS) is 19.6. The molecule has 1 fully saturated rings. The van der Waals surface area contributed by atoms with E-state index in [1.165, 1.54) is 25.7 Å². The average Bonchev–Trinajstić information content (AvgIpc) is 2.84. The van der Waals surface area contributed by atoms with E-state index in [9.17, 15) is 0 Å². The van der Waals surface area contributed by atoms with Crippen LogP contribution in [0, 0.1) is 5.41 Å². The highest BCUT2D eigenvalue weighted by molar-refractivity contribution is 5.25. The molecule has 0 saturated heterocycles. The molecule has 0 atom stereocenters. The number of hydrogen-bond acceptors (Lipinski definition) is 5. The molecule has 1 N–H and O–H groups in total. The largest absolute Gasteiger partial charge is 0.407 e. The SMILES string of the molecule is CCNCc1nnc(N(C)C2CCC(C)(C)CC2)o1. The van der Waals surface area contributed by atoms with E-state index in [1.54, 1.807) is 0 Å². The summed E-state index contributed by atoms with van der Waals surface area (Å²) in [6.45, 7) is 8.32. The molecule has 2 rings (SSSR count). The Morgan fingerprint density at radius 1 is 1.32 bits per heavy atom. The summed E-state index contributed by atoms with van der Waals surface area (Å²) in [6.07, 6.45) is 4.93. The first-order valence-electron chi connectivity index (χ1n) is 7.28. The van der Waals surface area contributed by atoms with Crippen LogP contribution in [-0.4, -0.2) is 29.8 Å². The summed E-state index contributed by atoms with van der Waals surface area (Å²) in [6, 6.07) is 1.18. The maximum absolute atomic E-state index is 5.69. The molecule has 19 heavy (non-hydrogen) atoms. The van der Waals surface area contributed by atoms with Gasteiger partial charge in [0.2, 0.25) is 5.89 Å². The Morgan fingerprint density at radius 3 is 2.63 bits per heavy atom. The summed E-state index contributed by atoms with van der Waals surface area (Å²) >= 11 is 0. The van der Waals surface area contributed by atoms with Gasteiger partial charge in [-0.3, -0.25) is 0 Å². The second-order valence-electron chi connectivity index (χ2n) is 6.26. The van der Waals surface area contributed by atoms with Crippen molar-refractivity contribution in [3.8, 4) is 0 Å². The van der Waals surface area contributed by atoms with Crippen LogP contribution in [0.25, 0.3) is 0 Å². The number of nitrogens with zero attached hydrogens (tertiary/aromatic N) is 3. The van der Waals surface area contributed by atoms with Gasteiger partial charge in [-0.25, -0.2) is 0 Å². The first-order valence-corrected chi connectivity index (χ1v) is 7.28. The predicted molar refractivity (Wildman–Crippen MR) is 76.1 cm³/mol. The topological polar surface area (TPSA) is 54.2 Å². The molecule has 5 nitrogen and oxygen atoms in total. The Morgan fingerprint density at radius 2 is 2.00 bits per heavy atom. The summed E-state index contributed by atoms with van der Waals surface area (Å²) in [7, 11) is 2.06. The van der Waals surface area contributed by atoms with Crippen molar-refractivity contribution in [1.82, 2.24) is 15.5 Å². The summed E-state index contributed by atoms with van der Waals surface area (Å²) in [4.78, 5) is 2.15. The molecular formula is C14H26N4O. The van der Waals surface area contributed by atoms with Crippen molar-refractivity contribution in [1.29, 1.82) is 0 Å². The number of aromatic nitrogens is 2. The molecule has 5 heteroatoms. The van der Waals surface area contributed by atoms with Crippen LogP contribution in [0.2, 0.25) is 0 Å². The third-order valence-corrected chi connectivity index (χ3v) is 4.14. The van der Waals surface area contributed by atoms with Gasteiger partial charge >= 0.3 is 6.01 Å². The molecule has 0 amide bonds. The monoisotopic (exact) mass is 266 g/mol. The van der Waals surface area contributed by atoms with E-state index < -0.39 is 0 Å². The third-order valence-electron chi connectivity index (χ3n) is 4.14. The van der Waals surface area contributed by atoms with Crippen LogP contribution in [0.15, 0.2) is 4.42 Å². The van der Waals surface area contributed by atoms with Crippen molar-refractivity contribution in [2.75, 3.05) is 18.5 Å². The zero-order chi connectivity index (χ0) is 13.9. The molecule has 0 aliphatic heterocycles. The molecule has 1 aromatic heterocycles. The van der Waals surface area contributed by atoms with E-state index in [4.69, 9.17) is 4.42 Å². The van der Waals surface area contributed by atoms with Gasteiger partial charge in [-0.2, -0.15) is 0 Å². The lowest BCUT2D eigenvalue weighted by molar-refractivity contribution is 0.219. The van der Waals surface area contributed by atoms with E-state index in [-0.39, 0.29) is 0 Å². The van der Waals surface area contributed by atoms with Crippen LogP contribution < -0.4 is 10.2 Å². The molecule has 1 aliphatic rings. The maximum Gasteiger partial charge on any atom is 0.318 e. The minimum absolute atomic E-state index is 0.488. The molecular weight excluding hydrogens is 240 g/mol. The Balaban J connectivity index is 1.92. The molecule has 0 spiro atoms.